The lowest BCUT2D eigenvalue weighted by Gasteiger charge is -2.18. The number of anilines is 1. The van der Waals surface area contributed by atoms with Crippen molar-refractivity contribution in [3.63, 3.8) is 0 Å². The number of esters is 1. The van der Waals surface area contributed by atoms with Crippen LogP contribution in [0.3, 0.4) is 0 Å². The van der Waals surface area contributed by atoms with E-state index >= 15 is 0 Å². The van der Waals surface area contributed by atoms with Crippen LogP contribution < -0.4 is 10.6 Å². The molecule has 2 aromatic rings. The Morgan fingerprint density at radius 3 is 2.18 bits per heavy atom. The highest BCUT2D eigenvalue weighted by atomic mass is 16.5. The molecule has 0 atom stereocenters. The van der Waals surface area contributed by atoms with E-state index in [1.165, 1.54) is 0 Å². The Balaban J connectivity index is 1.69. The molecule has 0 aliphatic heterocycles. The number of amides is 2. The maximum absolute atomic E-state index is 12.1. The van der Waals surface area contributed by atoms with Gasteiger partial charge in [-0.2, -0.15) is 0 Å². The van der Waals surface area contributed by atoms with Crippen LogP contribution in [-0.2, 0) is 14.9 Å². The van der Waals surface area contributed by atoms with E-state index in [0.717, 1.165) is 5.56 Å². The minimum absolute atomic E-state index is 0.00778. The molecule has 2 N–H and O–H groups in total. The number of ether oxygens (including phenoxy) is 1. The van der Waals surface area contributed by atoms with Crippen molar-refractivity contribution in [1.82, 2.24) is 5.32 Å². The van der Waals surface area contributed by atoms with E-state index in [1.807, 2.05) is 18.2 Å². The van der Waals surface area contributed by atoms with Crippen molar-refractivity contribution in [2.75, 3.05) is 18.5 Å². The first-order valence-corrected chi connectivity index (χ1v) is 9.15. The van der Waals surface area contributed by atoms with Gasteiger partial charge in [-0.05, 0) is 23.1 Å². The highest BCUT2D eigenvalue weighted by molar-refractivity contribution is 5.98. The third-order valence-electron chi connectivity index (χ3n) is 4.08. The number of Topliss-reactive ketones (excluding diaryl/α,β-unsaturated/α-hetero) is 1. The third-order valence-corrected chi connectivity index (χ3v) is 4.08. The van der Waals surface area contributed by atoms with Gasteiger partial charge in [0.25, 0.3) is 0 Å². The number of hydrogen-bond donors (Lipinski definition) is 2. The molecule has 0 spiro atoms. The Morgan fingerprint density at radius 2 is 1.57 bits per heavy atom. The number of hydrogen-bond acceptors (Lipinski definition) is 4. The smallest absolute Gasteiger partial charge is 0.319 e. The van der Waals surface area contributed by atoms with Crippen LogP contribution in [0.4, 0.5) is 10.5 Å². The third kappa shape index (κ3) is 6.87. The second-order valence-electron chi connectivity index (χ2n) is 7.41. The molecule has 0 heterocycles. The van der Waals surface area contributed by atoms with Crippen molar-refractivity contribution < 1.29 is 19.1 Å². The molecule has 0 saturated heterocycles. The van der Waals surface area contributed by atoms with Gasteiger partial charge in [-0.3, -0.25) is 9.59 Å². The van der Waals surface area contributed by atoms with Crippen LogP contribution in [0.1, 0.15) is 43.1 Å². The Labute approximate surface area is 165 Å². The van der Waals surface area contributed by atoms with E-state index in [4.69, 9.17) is 4.74 Å². The Bertz CT molecular complexity index is 809. The van der Waals surface area contributed by atoms with Gasteiger partial charge in [-0.1, -0.05) is 63.2 Å². The van der Waals surface area contributed by atoms with Gasteiger partial charge < -0.3 is 15.4 Å². The van der Waals surface area contributed by atoms with Crippen molar-refractivity contribution in [2.24, 2.45) is 0 Å². The average Bonchev–Trinajstić information content (AvgIpc) is 2.66. The normalized spacial score (nSPS) is 10.8. The van der Waals surface area contributed by atoms with Crippen molar-refractivity contribution in [1.29, 1.82) is 0 Å². The summed E-state index contributed by atoms with van der Waals surface area (Å²) >= 11 is 0. The monoisotopic (exact) mass is 382 g/mol. The minimum Gasteiger partial charge on any atom is -0.457 e. The van der Waals surface area contributed by atoms with Crippen LogP contribution in [0.2, 0.25) is 0 Å². The maximum Gasteiger partial charge on any atom is 0.319 e. The summed E-state index contributed by atoms with van der Waals surface area (Å²) in [6, 6.07) is 15.9. The largest absolute Gasteiger partial charge is 0.457 e. The highest BCUT2D eigenvalue weighted by Gasteiger charge is 2.15. The van der Waals surface area contributed by atoms with Gasteiger partial charge in [-0.15, -0.1) is 0 Å². The van der Waals surface area contributed by atoms with Gasteiger partial charge in [0, 0.05) is 17.8 Å². The SMILES string of the molecule is CC(C)(C)c1ccc(C(=O)COC(=O)CCNC(=O)Nc2ccccc2)cc1. The molecule has 2 aromatic carbocycles. The number of urea groups is 1. The topological polar surface area (TPSA) is 84.5 Å². The second-order valence-corrected chi connectivity index (χ2v) is 7.41. The maximum atomic E-state index is 12.1. The molecule has 0 saturated carbocycles. The van der Waals surface area contributed by atoms with E-state index in [0.29, 0.717) is 11.3 Å². The Morgan fingerprint density at radius 1 is 0.929 bits per heavy atom. The molecule has 0 aliphatic carbocycles. The summed E-state index contributed by atoms with van der Waals surface area (Å²) in [5.41, 5.74) is 2.29. The van der Waals surface area contributed by atoms with Crippen LogP contribution in [0.15, 0.2) is 54.6 Å². The fourth-order valence-corrected chi connectivity index (χ4v) is 2.43. The molecular formula is C22H26N2O4. The molecule has 2 rings (SSSR count). The number of ketones is 1. The minimum atomic E-state index is -0.542. The summed E-state index contributed by atoms with van der Waals surface area (Å²) in [6.45, 7) is 6.09. The molecule has 6 nitrogen and oxygen atoms in total. The lowest BCUT2D eigenvalue weighted by atomic mass is 9.86. The summed E-state index contributed by atoms with van der Waals surface area (Å²) in [4.78, 5) is 35.6. The number of carbonyl (C=O) groups excluding carboxylic acids is 3. The lowest BCUT2D eigenvalue weighted by molar-refractivity contribution is -0.142. The number of para-hydroxylation sites is 1. The number of rotatable bonds is 7. The fourth-order valence-electron chi connectivity index (χ4n) is 2.43. The van der Waals surface area contributed by atoms with Crippen LogP contribution >= 0.6 is 0 Å². The van der Waals surface area contributed by atoms with Gasteiger partial charge in [0.2, 0.25) is 0 Å². The molecule has 0 fully saturated rings. The summed E-state index contributed by atoms with van der Waals surface area (Å²) in [5, 5.41) is 5.21. The molecular weight excluding hydrogens is 356 g/mol. The first kappa shape index (κ1) is 21.2. The predicted octanol–water partition coefficient (Wildman–Crippen LogP) is 3.92. The number of benzene rings is 2. The van der Waals surface area contributed by atoms with Crippen molar-refractivity contribution in [3.05, 3.63) is 65.7 Å². The van der Waals surface area contributed by atoms with E-state index in [-0.39, 0.29) is 30.8 Å². The van der Waals surface area contributed by atoms with Crippen LogP contribution in [-0.4, -0.2) is 30.9 Å². The first-order valence-electron chi connectivity index (χ1n) is 9.15. The predicted molar refractivity (Wildman–Crippen MR) is 109 cm³/mol. The van der Waals surface area contributed by atoms with Crippen LogP contribution in [0, 0.1) is 0 Å². The molecule has 0 aromatic heterocycles. The first-order chi connectivity index (χ1) is 13.3. The molecule has 0 bridgehead atoms. The zero-order valence-corrected chi connectivity index (χ0v) is 16.5. The van der Waals surface area contributed by atoms with E-state index in [9.17, 15) is 14.4 Å². The van der Waals surface area contributed by atoms with Gasteiger partial charge in [0.15, 0.2) is 12.4 Å². The molecule has 0 unspecified atom stereocenters. The molecule has 0 radical (unpaired) electrons. The summed E-state index contributed by atoms with van der Waals surface area (Å²) in [5.74, 6) is -0.803. The van der Waals surface area contributed by atoms with Gasteiger partial charge >= 0.3 is 12.0 Å². The summed E-state index contributed by atoms with van der Waals surface area (Å²) in [7, 11) is 0. The molecule has 148 valence electrons. The molecule has 0 aliphatic rings. The number of nitrogens with one attached hydrogen (secondary N) is 2. The van der Waals surface area contributed by atoms with Crippen molar-refractivity contribution >= 4 is 23.5 Å². The van der Waals surface area contributed by atoms with Crippen LogP contribution in [0.25, 0.3) is 0 Å². The van der Waals surface area contributed by atoms with E-state index in [1.54, 1.807) is 36.4 Å². The Hall–Kier alpha value is -3.15. The van der Waals surface area contributed by atoms with Crippen molar-refractivity contribution in [3.8, 4) is 0 Å². The fraction of sp³-hybridized carbons (Fsp3) is 0.318. The zero-order valence-electron chi connectivity index (χ0n) is 16.5. The van der Waals surface area contributed by atoms with Gasteiger partial charge in [-0.25, -0.2) is 4.79 Å². The van der Waals surface area contributed by atoms with Gasteiger partial charge in [0.05, 0.1) is 6.42 Å². The lowest BCUT2D eigenvalue weighted by Crippen LogP contribution is -2.31. The zero-order chi connectivity index (χ0) is 20.6. The van der Waals surface area contributed by atoms with Crippen molar-refractivity contribution in [2.45, 2.75) is 32.6 Å². The molecule has 28 heavy (non-hydrogen) atoms. The summed E-state index contributed by atoms with van der Waals surface area (Å²) in [6.07, 6.45) is -0.0154. The number of carbonyl (C=O) groups is 3. The second kappa shape index (κ2) is 9.69. The van der Waals surface area contributed by atoms with E-state index in [2.05, 4.69) is 31.4 Å². The molecule has 6 heteroatoms. The molecule has 2 amide bonds. The average molecular weight is 382 g/mol. The summed E-state index contributed by atoms with van der Waals surface area (Å²) < 4.78 is 5.00. The standard InChI is InChI=1S/C22H26N2O4/c1-22(2,3)17-11-9-16(10-12-17)19(25)15-28-20(26)13-14-23-21(27)24-18-7-5-4-6-8-18/h4-12H,13-15H2,1-3H3,(H2,23,24,27). The quantitative estimate of drug-likeness (QED) is 0.561. The van der Waals surface area contributed by atoms with E-state index < -0.39 is 12.0 Å². The Kier molecular flexibility index (Phi) is 7.32. The highest BCUT2D eigenvalue weighted by Crippen LogP contribution is 2.22. The van der Waals surface area contributed by atoms with Crippen LogP contribution in [0.5, 0.6) is 0 Å². The van der Waals surface area contributed by atoms with Gasteiger partial charge in [0.1, 0.15) is 0 Å².